The summed E-state index contributed by atoms with van der Waals surface area (Å²) in [5.41, 5.74) is 3.69. The van der Waals surface area contributed by atoms with Gasteiger partial charge in [-0.05, 0) is 25.0 Å². The third-order valence-corrected chi connectivity index (χ3v) is 2.78. The van der Waals surface area contributed by atoms with Gasteiger partial charge in [-0.2, -0.15) is 5.10 Å². The van der Waals surface area contributed by atoms with E-state index in [-0.39, 0.29) is 5.91 Å². The van der Waals surface area contributed by atoms with E-state index in [9.17, 15) is 4.79 Å². The van der Waals surface area contributed by atoms with E-state index in [0.29, 0.717) is 12.2 Å². The van der Waals surface area contributed by atoms with Gasteiger partial charge in [0.25, 0.3) is 5.91 Å². The third kappa shape index (κ3) is 2.97. The quantitative estimate of drug-likeness (QED) is 0.865. The molecule has 1 aromatic carbocycles. The Kier molecular flexibility index (Phi) is 3.77. The fourth-order valence-corrected chi connectivity index (χ4v) is 1.75. The predicted octanol–water partition coefficient (Wildman–Crippen LogP) is 2.21. The maximum Gasteiger partial charge on any atom is 0.272 e. The number of H-pyrrole nitrogens is 1. The standard InChI is InChI=1S/C14H17N3O/c1-3-12-8-13(17-16-12)14(18)15-9-11-6-4-5-10(2)7-11/h4-8H,3,9H2,1-2H3,(H,15,18)(H,16,17). The van der Waals surface area contributed by atoms with Crippen LogP contribution in [0.15, 0.2) is 30.3 Å². The van der Waals surface area contributed by atoms with Crippen LogP contribution in [0.2, 0.25) is 0 Å². The third-order valence-electron chi connectivity index (χ3n) is 2.78. The van der Waals surface area contributed by atoms with Gasteiger partial charge in [0.05, 0.1) is 0 Å². The lowest BCUT2D eigenvalue weighted by Crippen LogP contribution is -2.23. The molecule has 4 nitrogen and oxygen atoms in total. The zero-order chi connectivity index (χ0) is 13.0. The summed E-state index contributed by atoms with van der Waals surface area (Å²) < 4.78 is 0. The normalized spacial score (nSPS) is 10.3. The summed E-state index contributed by atoms with van der Waals surface area (Å²) in [5, 5.41) is 9.67. The molecule has 0 radical (unpaired) electrons. The van der Waals surface area contributed by atoms with Gasteiger partial charge >= 0.3 is 0 Å². The molecule has 0 saturated carbocycles. The number of aromatic amines is 1. The van der Waals surface area contributed by atoms with Crippen LogP contribution in [0.5, 0.6) is 0 Å². The molecule has 4 heteroatoms. The molecule has 0 spiro atoms. The summed E-state index contributed by atoms with van der Waals surface area (Å²) in [6.07, 6.45) is 0.845. The fraction of sp³-hybridized carbons (Fsp3) is 0.286. The molecule has 1 aromatic heterocycles. The van der Waals surface area contributed by atoms with Gasteiger partial charge in [-0.25, -0.2) is 0 Å². The van der Waals surface area contributed by atoms with Crippen molar-refractivity contribution in [2.75, 3.05) is 0 Å². The molecule has 2 N–H and O–H groups in total. The Hall–Kier alpha value is -2.10. The molecule has 2 aromatic rings. The highest BCUT2D eigenvalue weighted by Crippen LogP contribution is 2.04. The second kappa shape index (κ2) is 5.49. The molecular weight excluding hydrogens is 226 g/mol. The van der Waals surface area contributed by atoms with Gasteiger partial charge in [0, 0.05) is 12.2 Å². The highest BCUT2D eigenvalue weighted by Gasteiger charge is 2.09. The van der Waals surface area contributed by atoms with Crippen molar-refractivity contribution < 1.29 is 4.79 Å². The number of benzene rings is 1. The molecule has 0 aliphatic rings. The monoisotopic (exact) mass is 243 g/mol. The lowest BCUT2D eigenvalue weighted by atomic mass is 10.1. The number of amides is 1. The van der Waals surface area contributed by atoms with Crippen molar-refractivity contribution in [2.45, 2.75) is 26.8 Å². The van der Waals surface area contributed by atoms with E-state index in [1.165, 1.54) is 5.56 Å². The highest BCUT2D eigenvalue weighted by atomic mass is 16.1. The number of aromatic nitrogens is 2. The Morgan fingerprint density at radius 2 is 2.22 bits per heavy atom. The van der Waals surface area contributed by atoms with Crippen molar-refractivity contribution in [2.24, 2.45) is 0 Å². The number of nitrogens with one attached hydrogen (secondary N) is 2. The Bertz CT molecular complexity index is 545. The number of hydrogen-bond donors (Lipinski definition) is 2. The van der Waals surface area contributed by atoms with Crippen LogP contribution < -0.4 is 5.32 Å². The lowest BCUT2D eigenvalue weighted by Gasteiger charge is -2.04. The SMILES string of the molecule is CCc1cc(C(=O)NCc2cccc(C)c2)n[nH]1. The average Bonchev–Trinajstić information content (AvgIpc) is 2.85. The van der Waals surface area contributed by atoms with Crippen LogP contribution in [-0.4, -0.2) is 16.1 Å². The largest absolute Gasteiger partial charge is 0.347 e. The van der Waals surface area contributed by atoms with E-state index < -0.39 is 0 Å². The van der Waals surface area contributed by atoms with Crippen molar-refractivity contribution in [1.29, 1.82) is 0 Å². The number of carbonyl (C=O) groups excluding carboxylic acids is 1. The lowest BCUT2D eigenvalue weighted by molar-refractivity contribution is 0.0946. The van der Waals surface area contributed by atoms with E-state index in [2.05, 4.69) is 21.6 Å². The number of aryl methyl sites for hydroxylation is 2. The minimum atomic E-state index is -0.146. The van der Waals surface area contributed by atoms with Gasteiger partial charge in [0.15, 0.2) is 0 Å². The molecule has 0 fully saturated rings. The van der Waals surface area contributed by atoms with Gasteiger partial charge in [-0.1, -0.05) is 36.8 Å². The molecule has 0 bridgehead atoms. The summed E-state index contributed by atoms with van der Waals surface area (Å²) in [5.74, 6) is -0.146. The summed E-state index contributed by atoms with van der Waals surface area (Å²) >= 11 is 0. The first-order valence-electron chi connectivity index (χ1n) is 6.07. The van der Waals surface area contributed by atoms with Crippen molar-refractivity contribution in [3.63, 3.8) is 0 Å². The molecule has 0 aliphatic carbocycles. The minimum Gasteiger partial charge on any atom is -0.347 e. The van der Waals surface area contributed by atoms with Gasteiger partial charge in [-0.15, -0.1) is 0 Å². The van der Waals surface area contributed by atoms with Crippen LogP contribution in [-0.2, 0) is 13.0 Å². The summed E-state index contributed by atoms with van der Waals surface area (Å²) in [6.45, 7) is 4.57. The van der Waals surface area contributed by atoms with Gasteiger partial charge in [0.2, 0.25) is 0 Å². The Morgan fingerprint density at radius 1 is 1.39 bits per heavy atom. The maximum absolute atomic E-state index is 11.8. The number of hydrogen-bond acceptors (Lipinski definition) is 2. The van der Waals surface area contributed by atoms with Crippen LogP contribution in [0.1, 0.15) is 34.2 Å². The van der Waals surface area contributed by atoms with Crippen molar-refractivity contribution in [1.82, 2.24) is 15.5 Å². The number of nitrogens with zero attached hydrogens (tertiary/aromatic N) is 1. The van der Waals surface area contributed by atoms with Gasteiger partial charge in [0.1, 0.15) is 5.69 Å². The van der Waals surface area contributed by atoms with Crippen molar-refractivity contribution in [3.8, 4) is 0 Å². The van der Waals surface area contributed by atoms with Crippen molar-refractivity contribution >= 4 is 5.91 Å². The van der Waals surface area contributed by atoms with E-state index in [1.54, 1.807) is 6.07 Å². The predicted molar refractivity (Wildman–Crippen MR) is 70.3 cm³/mol. The molecular formula is C14H17N3O. The summed E-state index contributed by atoms with van der Waals surface area (Å²) in [7, 11) is 0. The summed E-state index contributed by atoms with van der Waals surface area (Å²) in [4.78, 5) is 11.8. The zero-order valence-corrected chi connectivity index (χ0v) is 10.7. The topological polar surface area (TPSA) is 57.8 Å². The van der Waals surface area contributed by atoms with Crippen LogP contribution in [0.3, 0.4) is 0 Å². The second-order valence-corrected chi connectivity index (χ2v) is 4.30. The molecule has 0 atom stereocenters. The molecule has 0 unspecified atom stereocenters. The molecule has 1 amide bonds. The minimum absolute atomic E-state index is 0.146. The molecule has 94 valence electrons. The van der Waals surface area contributed by atoms with Crippen LogP contribution in [0.4, 0.5) is 0 Å². The van der Waals surface area contributed by atoms with E-state index in [1.807, 2.05) is 32.0 Å². The summed E-state index contributed by atoms with van der Waals surface area (Å²) in [6, 6.07) is 9.86. The molecule has 2 rings (SSSR count). The number of carbonyl (C=O) groups is 1. The van der Waals surface area contributed by atoms with Gasteiger partial charge in [-0.3, -0.25) is 9.89 Å². The zero-order valence-electron chi connectivity index (χ0n) is 10.7. The molecule has 0 aliphatic heterocycles. The first kappa shape index (κ1) is 12.4. The molecule has 18 heavy (non-hydrogen) atoms. The van der Waals surface area contributed by atoms with Gasteiger partial charge < -0.3 is 5.32 Å². The first-order chi connectivity index (χ1) is 8.69. The average molecular weight is 243 g/mol. The van der Waals surface area contributed by atoms with Crippen LogP contribution >= 0.6 is 0 Å². The fourth-order valence-electron chi connectivity index (χ4n) is 1.75. The second-order valence-electron chi connectivity index (χ2n) is 4.30. The Balaban J connectivity index is 1.96. The number of rotatable bonds is 4. The van der Waals surface area contributed by atoms with Crippen LogP contribution in [0.25, 0.3) is 0 Å². The Morgan fingerprint density at radius 3 is 2.89 bits per heavy atom. The molecule has 1 heterocycles. The van der Waals surface area contributed by atoms with E-state index >= 15 is 0 Å². The highest BCUT2D eigenvalue weighted by molar-refractivity contribution is 5.92. The van der Waals surface area contributed by atoms with E-state index in [0.717, 1.165) is 17.7 Å². The van der Waals surface area contributed by atoms with E-state index in [4.69, 9.17) is 0 Å². The molecule has 0 saturated heterocycles. The maximum atomic E-state index is 11.8. The van der Waals surface area contributed by atoms with Crippen LogP contribution in [0, 0.1) is 6.92 Å². The Labute approximate surface area is 106 Å². The first-order valence-corrected chi connectivity index (χ1v) is 6.07. The van der Waals surface area contributed by atoms with Crippen molar-refractivity contribution in [3.05, 3.63) is 52.8 Å². The smallest absolute Gasteiger partial charge is 0.272 e.